The fourth-order valence-electron chi connectivity index (χ4n) is 2.29. The Kier molecular flexibility index (Phi) is 2.14. The van der Waals surface area contributed by atoms with Crippen LogP contribution in [-0.2, 0) is 6.54 Å². The molecule has 0 radical (unpaired) electrons. The van der Waals surface area contributed by atoms with E-state index in [1.54, 1.807) is 7.11 Å². The first kappa shape index (κ1) is 9.73. The molecule has 84 valence electrons. The molecule has 1 saturated carbocycles. The smallest absolute Gasteiger partial charge is 0.176 e. The van der Waals surface area contributed by atoms with Crippen molar-refractivity contribution in [2.75, 3.05) is 7.11 Å². The first-order chi connectivity index (χ1) is 7.85. The van der Waals surface area contributed by atoms with Gasteiger partial charge < -0.3 is 14.9 Å². The van der Waals surface area contributed by atoms with Crippen LogP contribution in [0.2, 0.25) is 0 Å². The fourth-order valence-corrected chi connectivity index (χ4v) is 2.29. The third-order valence-corrected chi connectivity index (χ3v) is 3.19. The van der Waals surface area contributed by atoms with Gasteiger partial charge in [0.05, 0.1) is 13.7 Å². The number of ether oxygens (including phenoxy) is 1. The minimum absolute atomic E-state index is 0.462. The maximum Gasteiger partial charge on any atom is 0.176 e. The number of methoxy groups -OCH3 is 1. The van der Waals surface area contributed by atoms with Gasteiger partial charge in [-0.25, -0.2) is 0 Å². The molecule has 0 bridgehead atoms. The molecule has 1 aliphatic carbocycles. The van der Waals surface area contributed by atoms with Crippen LogP contribution in [0.3, 0.4) is 0 Å². The summed E-state index contributed by atoms with van der Waals surface area (Å²) in [6.45, 7) is 0.462. The predicted molar refractivity (Wildman–Crippen MR) is 62.6 cm³/mol. The average Bonchev–Trinajstić information content (AvgIpc) is 3.08. The zero-order valence-electron chi connectivity index (χ0n) is 9.32. The molecular formula is C13H15NO2. The van der Waals surface area contributed by atoms with E-state index in [0.29, 0.717) is 12.5 Å². The van der Waals surface area contributed by atoms with Crippen LogP contribution in [-0.4, -0.2) is 7.11 Å². The summed E-state index contributed by atoms with van der Waals surface area (Å²) >= 11 is 0. The van der Waals surface area contributed by atoms with E-state index in [0.717, 1.165) is 17.1 Å². The molecule has 0 unspecified atom stereocenters. The molecule has 3 rings (SSSR count). The van der Waals surface area contributed by atoms with Gasteiger partial charge in [-0.05, 0) is 24.8 Å². The van der Waals surface area contributed by atoms with Crippen LogP contribution in [0.25, 0.3) is 11.0 Å². The van der Waals surface area contributed by atoms with E-state index >= 15 is 0 Å². The Bertz CT molecular complexity index is 526. The molecule has 1 aromatic heterocycles. The molecule has 3 nitrogen and oxygen atoms in total. The summed E-state index contributed by atoms with van der Waals surface area (Å²) in [5.41, 5.74) is 7.88. The summed E-state index contributed by atoms with van der Waals surface area (Å²) in [6, 6.07) is 6.01. The molecule has 16 heavy (non-hydrogen) atoms. The van der Waals surface area contributed by atoms with Crippen molar-refractivity contribution in [3.8, 4) is 5.75 Å². The summed E-state index contributed by atoms with van der Waals surface area (Å²) < 4.78 is 11.1. The SMILES string of the molecule is COc1cccc2c(C3CC3)c(CN)oc12. The van der Waals surface area contributed by atoms with Crippen molar-refractivity contribution in [3.05, 3.63) is 29.5 Å². The van der Waals surface area contributed by atoms with E-state index in [2.05, 4.69) is 6.07 Å². The van der Waals surface area contributed by atoms with Crippen molar-refractivity contribution in [1.82, 2.24) is 0 Å². The Hall–Kier alpha value is -1.48. The van der Waals surface area contributed by atoms with Gasteiger partial charge in [-0.3, -0.25) is 0 Å². The van der Waals surface area contributed by atoms with E-state index in [1.165, 1.54) is 23.8 Å². The van der Waals surface area contributed by atoms with Crippen LogP contribution in [0.15, 0.2) is 22.6 Å². The molecule has 0 amide bonds. The Balaban J connectivity index is 2.29. The van der Waals surface area contributed by atoms with Crippen molar-refractivity contribution >= 4 is 11.0 Å². The van der Waals surface area contributed by atoms with Gasteiger partial charge in [0.25, 0.3) is 0 Å². The summed E-state index contributed by atoms with van der Waals surface area (Å²) in [4.78, 5) is 0. The maximum absolute atomic E-state index is 5.82. The highest BCUT2D eigenvalue weighted by Crippen LogP contribution is 2.47. The second-order valence-corrected chi connectivity index (χ2v) is 4.25. The van der Waals surface area contributed by atoms with Gasteiger partial charge in [0.15, 0.2) is 11.3 Å². The van der Waals surface area contributed by atoms with Crippen LogP contribution in [0.1, 0.15) is 30.1 Å². The lowest BCUT2D eigenvalue weighted by atomic mass is 10.1. The number of hydrogen-bond donors (Lipinski definition) is 1. The molecule has 2 aromatic rings. The zero-order chi connectivity index (χ0) is 11.1. The average molecular weight is 217 g/mol. The van der Waals surface area contributed by atoms with Crippen LogP contribution >= 0.6 is 0 Å². The molecule has 1 aliphatic rings. The lowest BCUT2D eigenvalue weighted by molar-refractivity contribution is 0.407. The third-order valence-electron chi connectivity index (χ3n) is 3.19. The minimum atomic E-state index is 0.462. The van der Waals surface area contributed by atoms with Crippen molar-refractivity contribution in [2.45, 2.75) is 25.3 Å². The van der Waals surface area contributed by atoms with Crippen molar-refractivity contribution in [3.63, 3.8) is 0 Å². The predicted octanol–water partition coefficient (Wildman–Crippen LogP) is 2.78. The monoisotopic (exact) mass is 217 g/mol. The molecule has 0 spiro atoms. The standard InChI is InChI=1S/C13H15NO2/c1-15-10-4-2-3-9-12(8-5-6-8)11(7-14)16-13(9)10/h2-4,8H,5-7,14H2,1H3. The van der Waals surface area contributed by atoms with Crippen molar-refractivity contribution in [1.29, 1.82) is 0 Å². The molecule has 1 heterocycles. The van der Waals surface area contributed by atoms with Crippen molar-refractivity contribution < 1.29 is 9.15 Å². The highest BCUT2D eigenvalue weighted by Gasteiger charge is 2.30. The summed E-state index contributed by atoms with van der Waals surface area (Å²) in [6.07, 6.45) is 2.50. The summed E-state index contributed by atoms with van der Waals surface area (Å²) in [5, 5.41) is 1.17. The molecule has 2 N–H and O–H groups in total. The minimum Gasteiger partial charge on any atom is -0.493 e. The Labute approximate surface area is 94.2 Å². The van der Waals surface area contributed by atoms with Crippen LogP contribution in [0.5, 0.6) is 5.75 Å². The number of furan rings is 1. The first-order valence-electron chi connectivity index (χ1n) is 5.63. The first-order valence-corrected chi connectivity index (χ1v) is 5.63. The molecule has 0 atom stereocenters. The zero-order valence-corrected chi connectivity index (χ0v) is 9.32. The van der Waals surface area contributed by atoms with E-state index < -0.39 is 0 Å². The number of fused-ring (bicyclic) bond motifs is 1. The lowest BCUT2D eigenvalue weighted by Gasteiger charge is -1.99. The number of benzene rings is 1. The normalized spacial score (nSPS) is 15.6. The van der Waals surface area contributed by atoms with Gasteiger partial charge in [0.1, 0.15) is 5.76 Å². The molecular weight excluding hydrogens is 202 g/mol. The molecule has 1 fully saturated rings. The third kappa shape index (κ3) is 1.32. The number of rotatable bonds is 3. The van der Waals surface area contributed by atoms with E-state index in [1.807, 2.05) is 12.1 Å². The lowest BCUT2D eigenvalue weighted by Crippen LogP contribution is -1.97. The number of nitrogens with two attached hydrogens (primary N) is 1. The van der Waals surface area contributed by atoms with E-state index in [9.17, 15) is 0 Å². The second-order valence-electron chi connectivity index (χ2n) is 4.25. The summed E-state index contributed by atoms with van der Waals surface area (Å²) in [5.74, 6) is 2.35. The molecule has 3 heteroatoms. The van der Waals surface area contributed by atoms with Gasteiger partial charge in [-0.15, -0.1) is 0 Å². The molecule has 0 aliphatic heterocycles. The van der Waals surface area contributed by atoms with Crippen molar-refractivity contribution in [2.24, 2.45) is 5.73 Å². The second kappa shape index (κ2) is 3.52. The maximum atomic E-state index is 5.82. The van der Waals surface area contributed by atoms with Crippen LogP contribution in [0, 0.1) is 0 Å². The number of hydrogen-bond acceptors (Lipinski definition) is 3. The van der Waals surface area contributed by atoms with Gasteiger partial charge in [0, 0.05) is 10.9 Å². The Morgan fingerprint density at radius 2 is 2.25 bits per heavy atom. The fraction of sp³-hybridized carbons (Fsp3) is 0.385. The Morgan fingerprint density at radius 3 is 2.88 bits per heavy atom. The van der Waals surface area contributed by atoms with Gasteiger partial charge in [-0.1, -0.05) is 12.1 Å². The highest BCUT2D eigenvalue weighted by molar-refractivity contribution is 5.88. The van der Waals surface area contributed by atoms with E-state index in [4.69, 9.17) is 14.9 Å². The quantitative estimate of drug-likeness (QED) is 0.860. The highest BCUT2D eigenvalue weighted by atomic mass is 16.5. The molecule has 1 aromatic carbocycles. The van der Waals surface area contributed by atoms with Gasteiger partial charge >= 0.3 is 0 Å². The van der Waals surface area contributed by atoms with Gasteiger partial charge in [0.2, 0.25) is 0 Å². The molecule has 0 saturated heterocycles. The van der Waals surface area contributed by atoms with Crippen LogP contribution < -0.4 is 10.5 Å². The van der Waals surface area contributed by atoms with Crippen LogP contribution in [0.4, 0.5) is 0 Å². The van der Waals surface area contributed by atoms with Gasteiger partial charge in [-0.2, -0.15) is 0 Å². The number of para-hydroxylation sites is 1. The largest absolute Gasteiger partial charge is 0.493 e. The topological polar surface area (TPSA) is 48.4 Å². The Morgan fingerprint density at radius 1 is 1.44 bits per heavy atom. The summed E-state index contributed by atoms with van der Waals surface area (Å²) in [7, 11) is 1.66. The van der Waals surface area contributed by atoms with E-state index in [-0.39, 0.29) is 0 Å².